The van der Waals surface area contributed by atoms with Gasteiger partial charge in [0.2, 0.25) is 0 Å². The molecule has 0 atom stereocenters. The molecule has 1 heterocycles. The highest BCUT2D eigenvalue weighted by atomic mass is 32.2. The molecule has 0 aromatic heterocycles. The lowest BCUT2D eigenvalue weighted by atomic mass is 9.95. The van der Waals surface area contributed by atoms with Crippen LogP contribution < -0.4 is 0 Å². The Kier molecular flexibility index (Phi) is 5.00. The van der Waals surface area contributed by atoms with Gasteiger partial charge in [0.15, 0.2) is 5.17 Å². The molecule has 26 heavy (non-hydrogen) atoms. The summed E-state index contributed by atoms with van der Waals surface area (Å²) in [6, 6.07) is 6.01. The normalized spacial score (nSPS) is 24.2. The molecule has 2 saturated carbocycles. The Labute approximate surface area is 160 Å². The molecule has 0 unspecified atom stereocenters. The van der Waals surface area contributed by atoms with Gasteiger partial charge in [-0.3, -0.25) is 0 Å². The highest BCUT2D eigenvalue weighted by Gasteiger charge is 2.49. The molecule has 1 aliphatic heterocycles. The molecule has 1 spiro atoms. The van der Waals surface area contributed by atoms with E-state index < -0.39 is 5.97 Å². The van der Waals surface area contributed by atoms with Gasteiger partial charge in [-0.25, -0.2) is 9.79 Å². The quantitative estimate of drug-likeness (QED) is 0.785. The molecule has 1 aromatic carbocycles. The van der Waals surface area contributed by atoms with Crippen molar-refractivity contribution in [3.05, 3.63) is 29.3 Å². The lowest BCUT2D eigenvalue weighted by Crippen LogP contribution is -2.50. The number of aryl methyl sites for hydroxylation is 1. The first-order valence-electron chi connectivity index (χ1n) is 10.00. The number of benzene rings is 1. The maximum Gasteiger partial charge on any atom is 0.335 e. The van der Waals surface area contributed by atoms with E-state index in [0.29, 0.717) is 17.1 Å². The van der Waals surface area contributed by atoms with Gasteiger partial charge in [-0.05, 0) is 55.9 Å². The van der Waals surface area contributed by atoms with E-state index in [9.17, 15) is 9.90 Å². The maximum absolute atomic E-state index is 11.3. The fraction of sp³-hybridized carbons (Fsp3) is 0.619. The highest BCUT2D eigenvalue weighted by Crippen LogP contribution is 2.48. The molecule has 2 aliphatic carbocycles. The van der Waals surface area contributed by atoms with Crippen LogP contribution in [0.4, 0.5) is 5.69 Å². The number of amidine groups is 1. The molecule has 3 fully saturated rings. The van der Waals surface area contributed by atoms with Crippen molar-refractivity contribution < 1.29 is 9.90 Å². The maximum atomic E-state index is 11.3. The number of carbonyl (C=O) groups is 1. The van der Waals surface area contributed by atoms with Crippen LogP contribution in [0.15, 0.2) is 23.2 Å². The van der Waals surface area contributed by atoms with E-state index >= 15 is 0 Å². The molecule has 1 aromatic rings. The smallest absolute Gasteiger partial charge is 0.335 e. The van der Waals surface area contributed by atoms with Crippen LogP contribution >= 0.6 is 11.8 Å². The molecule has 5 heteroatoms. The minimum Gasteiger partial charge on any atom is -0.478 e. The van der Waals surface area contributed by atoms with Gasteiger partial charge < -0.3 is 10.0 Å². The van der Waals surface area contributed by atoms with Crippen LogP contribution in [0.1, 0.15) is 74.2 Å². The lowest BCUT2D eigenvalue weighted by Gasteiger charge is -2.40. The summed E-state index contributed by atoms with van der Waals surface area (Å²) in [5.41, 5.74) is 2.64. The molecule has 4 nitrogen and oxygen atoms in total. The fourth-order valence-corrected chi connectivity index (χ4v) is 6.44. The number of rotatable bonds is 4. The summed E-state index contributed by atoms with van der Waals surface area (Å²) in [5, 5.41) is 10.4. The number of aliphatic imine (C=N–C) groups is 1. The van der Waals surface area contributed by atoms with Crippen molar-refractivity contribution >= 4 is 28.6 Å². The van der Waals surface area contributed by atoms with E-state index in [2.05, 4.69) is 11.8 Å². The van der Waals surface area contributed by atoms with Crippen LogP contribution in [0.3, 0.4) is 0 Å². The standard InChI is InChI=1S/C21H28N2O2S/c1-2-15-13-16(19(24)25)9-10-18(15)22-20-23(17-7-3-4-8-17)21(14-26-20)11-5-6-12-21/h9-10,13,17H,2-8,11-12,14H2,1H3,(H,24,25)/b22-20+. The average molecular weight is 373 g/mol. The van der Waals surface area contributed by atoms with Crippen LogP contribution in [0.25, 0.3) is 0 Å². The zero-order chi connectivity index (χ0) is 18.1. The molecule has 1 N–H and O–H groups in total. The molecular weight excluding hydrogens is 344 g/mol. The molecule has 1 saturated heterocycles. The van der Waals surface area contributed by atoms with Gasteiger partial charge in [0.05, 0.1) is 16.8 Å². The van der Waals surface area contributed by atoms with Crippen LogP contribution in [-0.2, 0) is 6.42 Å². The number of thioether (sulfide) groups is 1. The third kappa shape index (κ3) is 3.15. The Morgan fingerprint density at radius 2 is 2.00 bits per heavy atom. The van der Waals surface area contributed by atoms with Gasteiger partial charge in [-0.2, -0.15) is 0 Å². The van der Waals surface area contributed by atoms with Crippen molar-refractivity contribution in [3.8, 4) is 0 Å². The van der Waals surface area contributed by atoms with Crippen LogP contribution in [-0.4, -0.2) is 38.5 Å². The van der Waals surface area contributed by atoms with Crippen molar-refractivity contribution in [3.63, 3.8) is 0 Å². The number of nitrogens with zero attached hydrogens (tertiary/aromatic N) is 2. The van der Waals surface area contributed by atoms with Crippen molar-refractivity contribution in [1.82, 2.24) is 4.90 Å². The molecule has 0 radical (unpaired) electrons. The molecule has 3 aliphatic rings. The monoisotopic (exact) mass is 372 g/mol. The minimum absolute atomic E-state index is 0.325. The Bertz CT molecular complexity index is 719. The third-order valence-electron chi connectivity index (χ3n) is 6.33. The van der Waals surface area contributed by atoms with Crippen molar-refractivity contribution in [2.75, 3.05) is 5.75 Å². The minimum atomic E-state index is -0.869. The second-order valence-corrected chi connectivity index (χ2v) is 8.87. The van der Waals surface area contributed by atoms with Gasteiger partial charge in [0, 0.05) is 11.8 Å². The van der Waals surface area contributed by atoms with Gasteiger partial charge >= 0.3 is 5.97 Å². The zero-order valence-corrected chi connectivity index (χ0v) is 16.4. The van der Waals surface area contributed by atoms with Crippen molar-refractivity contribution in [2.45, 2.75) is 76.3 Å². The van der Waals surface area contributed by atoms with Crippen LogP contribution in [0.2, 0.25) is 0 Å². The Balaban J connectivity index is 1.70. The fourth-order valence-electron chi connectivity index (χ4n) is 4.97. The molecule has 140 valence electrons. The average Bonchev–Trinajstić information content (AvgIpc) is 3.38. The molecule has 4 rings (SSSR count). The van der Waals surface area contributed by atoms with Crippen LogP contribution in [0, 0.1) is 0 Å². The molecule has 0 amide bonds. The first-order chi connectivity index (χ1) is 12.6. The van der Waals surface area contributed by atoms with E-state index in [-0.39, 0.29) is 0 Å². The van der Waals surface area contributed by atoms with E-state index in [0.717, 1.165) is 23.4 Å². The SMILES string of the molecule is CCc1cc(C(=O)O)ccc1/N=C1/SCC2(CCCC2)N1C1CCCC1. The summed E-state index contributed by atoms with van der Waals surface area (Å²) >= 11 is 1.92. The summed E-state index contributed by atoms with van der Waals surface area (Å²) in [6.07, 6.45) is 11.3. The number of carboxylic acid groups (broad SMARTS) is 1. The van der Waals surface area contributed by atoms with Gasteiger partial charge in [-0.1, -0.05) is 44.4 Å². The first kappa shape index (κ1) is 17.9. The van der Waals surface area contributed by atoms with Crippen LogP contribution in [0.5, 0.6) is 0 Å². The Morgan fingerprint density at radius 1 is 1.27 bits per heavy atom. The van der Waals surface area contributed by atoms with Gasteiger partial charge in [-0.15, -0.1) is 0 Å². The summed E-state index contributed by atoms with van der Waals surface area (Å²) < 4.78 is 0. The summed E-state index contributed by atoms with van der Waals surface area (Å²) in [4.78, 5) is 19.1. The summed E-state index contributed by atoms with van der Waals surface area (Å²) in [5.74, 6) is 0.295. The zero-order valence-electron chi connectivity index (χ0n) is 15.5. The summed E-state index contributed by atoms with van der Waals surface area (Å²) in [7, 11) is 0. The number of hydrogen-bond acceptors (Lipinski definition) is 3. The van der Waals surface area contributed by atoms with Crippen molar-refractivity contribution in [2.24, 2.45) is 4.99 Å². The Hall–Kier alpha value is -1.49. The van der Waals surface area contributed by atoms with E-state index in [1.54, 1.807) is 12.1 Å². The third-order valence-corrected chi connectivity index (χ3v) is 7.56. The largest absolute Gasteiger partial charge is 0.478 e. The predicted molar refractivity (Wildman–Crippen MR) is 108 cm³/mol. The van der Waals surface area contributed by atoms with E-state index in [1.165, 1.54) is 56.5 Å². The Morgan fingerprint density at radius 3 is 2.65 bits per heavy atom. The number of hydrogen-bond donors (Lipinski definition) is 1. The van der Waals surface area contributed by atoms with Gasteiger partial charge in [0.25, 0.3) is 0 Å². The van der Waals surface area contributed by atoms with Crippen molar-refractivity contribution in [1.29, 1.82) is 0 Å². The molecular formula is C21H28N2O2S. The second kappa shape index (κ2) is 7.26. The van der Waals surface area contributed by atoms with E-state index in [4.69, 9.17) is 4.99 Å². The predicted octanol–water partition coefficient (Wildman–Crippen LogP) is 5.24. The topological polar surface area (TPSA) is 52.9 Å². The number of aromatic carboxylic acids is 1. The highest BCUT2D eigenvalue weighted by molar-refractivity contribution is 8.14. The van der Waals surface area contributed by atoms with Gasteiger partial charge in [0.1, 0.15) is 0 Å². The number of carboxylic acids is 1. The second-order valence-electron chi connectivity index (χ2n) is 7.92. The summed E-state index contributed by atoms with van der Waals surface area (Å²) in [6.45, 7) is 2.07. The van der Waals surface area contributed by atoms with E-state index in [1.807, 2.05) is 17.8 Å². The lowest BCUT2D eigenvalue weighted by molar-refractivity contribution is 0.0697. The molecule has 0 bridgehead atoms. The first-order valence-corrected chi connectivity index (χ1v) is 11.0.